The van der Waals surface area contributed by atoms with Gasteiger partial charge in [-0.3, -0.25) is 4.68 Å². The normalized spacial score (nSPS) is 12.6. The fourth-order valence-corrected chi connectivity index (χ4v) is 3.00. The molecular formula is C15H19BrN2. The molecule has 0 radical (unpaired) electrons. The molecule has 0 fully saturated rings. The van der Waals surface area contributed by atoms with Gasteiger partial charge in [0.25, 0.3) is 0 Å². The van der Waals surface area contributed by atoms with Crippen molar-refractivity contribution in [1.82, 2.24) is 9.78 Å². The first-order valence-corrected chi connectivity index (χ1v) is 7.43. The van der Waals surface area contributed by atoms with Crippen LogP contribution >= 0.6 is 15.9 Å². The molecule has 1 atom stereocenters. The van der Waals surface area contributed by atoms with Gasteiger partial charge < -0.3 is 0 Å². The lowest BCUT2D eigenvalue weighted by molar-refractivity contribution is 0.636. The Morgan fingerprint density at radius 3 is 2.67 bits per heavy atom. The van der Waals surface area contributed by atoms with Crippen LogP contribution in [0.15, 0.2) is 36.5 Å². The van der Waals surface area contributed by atoms with Crippen LogP contribution in [0, 0.1) is 6.92 Å². The number of hydrogen-bond donors (Lipinski definition) is 0. The van der Waals surface area contributed by atoms with Gasteiger partial charge in [0.2, 0.25) is 0 Å². The number of halogens is 1. The van der Waals surface area contributed by atoms with Gasteiger partial charge in [-0.1, -0.05) is 40.2 Å². The van der Waals surface area contributed by atoms with Crippen molar-refractivity contribution in [3.63, 3.8) is 0 Å². The number of rotatable bonds is 5. The highest BCUT2D eigenvalue weighted by Crippen LogP contribution is 2.26. The van der Waals surface area contributed by atoms with Gasteiger partial charge in [0.05, 0.1) is 0 Å². The summed E-state index contributed by atoms with van der Waals surface area (Å²) in [5, 5.41) is 5.23. The quantitative estimate of drug-likeness (QED) is 0.767. The molecule has 0 N–H and O–H groups in total. The fourth-order valence-electron chi connectivity index (χ4n) is 2.33. The van der Waals surface area contributed by atoms with Gasteiger partial charge in [-0.05, 0) is 42.9 Å². The van der Waals surface area contributed by atoms with Gasteiger partial charge in [-0.15, -0.1) is 0 Å². The molecule has 2 rings (SSSR count). The van der Waals surface area contributed by atoms with E-state index in [1.54, 1.807) is 0 Å². The van der Waals surface area contributed by atoms with Crippen molar-refractivity contribution in [2.75, 3.05) is 5.33 Å². The van der Waals surface area contributed by atoms with Gasteiger partial charge in [-0.25, -0.2) is 0 Å². The number of nitrogens with zero attached hydrogens (tertiary/aromatic N) is 2. The largest absolute Gasteiger partial charge is 0.273 e. The minimum Gasteiger partial charge on any atom is -0.273 e. The molecule has 0 aliphatic rings. The Hall–Kier alpha value is -1.09. The predicted octanol–water partition coefficient (Wildman–Crippen LogP) is 3.84. The van der Waals surface area contributed by atoms with Crippen LogP contribution in [0.25, 0.3) is 0 Å². The predicted molar refractivity (Wildman–Crippen MR) is 79.2 cm³/mol. The van der Waals surface area contributed by atoms with Crippen molar-refractivity contribution in [2.24, 2.45) is 7.05 Å². The standard InChI is InChI=1S/C15H19BrN2/c1-12-5-3-4-6-15(12)13(11-16)7-8-14-9-10-17-18(14)2/h3-6,9-10,13H,7-8,11H2,1-2H3. The van der Waals surface area contributed by atoms with Crippen molar-refractivity contribution in [3.05, 3.63) is 53.3 Å². The number of aryl methyl sites for hydroxylation is 3. The van der Waals surface area contributed by atoms with E-state index in [0.717, 1.165) is 18.2 Å². The van der Waals surface area contributed by atoms with Crippen molar-refractivity contribution < 1.29 is 0 Å². The molecule has 1 unspecified atom stereocenters. The Bertz CT molecular complexity index is 505. The lowest BCUT2D eigenvalue weighted by Crippen LogP contribution is -2.06. The van der Waals surface area contributed by atoms with E-state index >= 15 is 0 Å². The zero-order valence-electron chi connectivity index (χ0n) is 10.9. The molecule has 2 nitrogen and oxygen atoms in total. The third kappa shape index (κ3) is 3.02. The molecule has 1 aromatic heterocycles. The summed E-state index contributed by atoms with van der Waals surface area (Å²) < 4.78 is 1.96. The second-order valence-electron chi connectivity index (χ2n) is 4.69. The summed E-state index contributed by atoms with van der Waals surface area (Å²) in [6.07, 6.45) is 4.09. The second kappa shape index (κ2) is 6.19. The lowest BCUT2D eigenvalue weighted by Gasteiger charge is -2.17. The molecule has 2 aromatic rings. The average Bonchev–Trinajstić information content (AvgIpc) is 2.78. The van der Waals surface area contributed by atoms with E-state index in [4.69, 9.17) is 0 Å². The fraction of sp³-hybridized carbons (Fsp3) is 0.400. The van der Waals surface area contributed by atoms with Crippen LogP contribution in [0.1, 0.15) is 29.2 Å². The Labute approximate surface area is 117 Å². The van der Waals surface area contributed by atoms with Crippen LogP contribution in [0.5, 0.6) is 0 Å². The van der Waals surface area contributed by atoms with E-state index < -0.39 is 0 Å². The minimum atomic E-state index is 0.570. The molecule has 96 valence electrons. The highest BCUT2D eigenvalue weighted by Gasteiger charge is 2.13. The smallest absolute Gasteiger partial charge is 0.0492 e. The second-order valence-corrected chi connectivity index (χ2v) is 5.34. The molecule has 0 bridgehead atoms. The molecule has 0 aliphatic heterocycles. The summed E-state index contributed by atoms with van der Waals surface area (Å²) in [6, 6.07) is 10.8. The van der Waals surface area contributed by atoms with E-state index in [1.807, 2.05) is 17.9 Å². The van der Waals surface area contributed by atoms with E-state index in [9.17, 15) is 0 Å². The van der Waals surface area contributed by atoms with Crippen LogP contribution in [0.3, 0.4) is 0 Å². The Morgan fingerprint density at radius 2 is 2.06 bits per heavy atom. The summed E-state index contributed by atoms with van der Waals surface area (Å²) in [7, 11) is 2.01. The molecule has 0 saturated carbocycles. The summed E-state index contributed by atoms with van der Waals surface area (Å²) in [5.41, 5.74) is 4.14. The first-order valence-electron chi connectivity index (χ1n) is 6.30. The number of aromatic nitrogens is 2. The number of benzene rings is 1. The zero-order valence-corrected chi connectivity index (χ0v) is 12.5. The Morgan fingerprint density at radius 1 is 1.28 bits per heavy atom. The third-order valence-electron chi connectivity index (χ3n) is 3.49. The van der Waals surface area contributed by atoms with E-state index in [0.29, 0.717) is 5.92 Å². The highest BCUT2D eigenvalue weighted by atomic mass is 79.9. The molecule has 1 heterocycles. The first kappa shape index (κ1) is 13.3. The van der Waals surface area contributed by atoms with E-state index in [-0.39, 0.29) is 0 Å². The maximum atomic E-state index is 4.22. The van der Waals surface area contributed by atoms with Crippen LogP contribution < -0.4 is 0 Å². The van der Waals surface area contributed by atoms with Crippen molar-refractivity contribution in [3.8, 4) is 0 Å². The monoisotopic (exact) mass is 306 g/mol. The van der Waals surface area contributed by atoms with Crippen molar-refractivity contribution in [2.45, 2.75) is 25.7 Å². The molecule has 18 heavy (non-hydrogen) atoms. The molecule has 0 saturated heterocycles. The molecular weight excluding hydrogens is 288 g/mol. The third-order valence-corrected chi connectivity index (χ3v) is 4.27. The zero-order chi connectivity index (χ0) is 13.0. The average molecular weight is 307 g/mol. The summed E-state index contributed by atoms with van der Waals surface area (Å²) in [5.74, 6) is 0.570. The molecule has 3 heteroatoms. The molecule has 0 amide bonds. The summed E-state index contributed by atoms with van der Waals surface area (Å²) >= 11 is 3.65. The topological polar surface area (TPSA) is 17.8 Å². The van der Waals surface area contributed by atoms with E-state index in [1.165, 1.54) is 16.8 Å². The van der Waals surface area contributed by atoms with Gasteiger partial charge in [0.1, 0.15) is 0 Å². The van der Waals surface area contributed by atoms with Gasteiger partial charge in [0, 0.05) is 24.3 Å². The minimum absolute atomic E-state index is 0.570. The van der Waals surface area contributed by atoms with Gasteiger partial charge >= 0.3 is 0 Å². The van der Waals surface area contributed by atoms with Crippen LogP contribution in [0.4, 0.5) is 0 Å². The van der Waals surface area contributed by atoms with E-state index in [2.05, 4.69) is 58.3 Å². The maximum absolute atomic E-state index is 4.22. The van der Waals surface area contributed by atoms with Gasteiger partial charge in [0.15, 0.2) is 0 Å². The van der Waals surface area contributed by atoms with Crippen LogP contribution in [-0.2, 0) is 13.5 Å². The first-order chi connectivity index (χ1) is 8.72. The SMILES string of the molecule is Cc1ccccc1C(CBr)CCc1ccnn1C. The summed E-state index contributed by atoms with van der Waals surface area (Å²) in [6.45, 7) is 2.19. The highest BCUT2D eigenvalue weighted by molar-refractivity contribution is 9.09. The van der Waals surface area contributed by atoms with Crippen LogP contribution in [0.2, 0.25) is 0 Å². The van der Waals surface area contributed by atoms with Gasteiger partial charge in [-0.2, -0.15) is 5.10 Å². The number of alkyl halides is 1. The summed E-state index contributed by atoms with van der Waals surface area (Å²) in [4.78, 5) is 0. The molecule has 0 spiro atoms. The maximum Gasteiger partial charge on any atom is 0.0492 e. The Balaban J connectivity index is 2.07. The van der Waals surface area contributed by atoms with Crippen molar-refractivity contribution >= 4 is 15.9 Å². The van der Waals surface area contributed by atoms with Crippen molar-refractivity contribution in [1.29, 1.82) is 0 Å². The lowest BCUT2D eigenvalue weighted by atomic mass is 9.92. The molecule has 0 aliphatic carbocycles. The number of hydrogen-bond acceptors (Lipinski definition) is 1. The Kier molecular flexibility index (Phi) is 4.59. The van der Waals surface area contributed by atoms with Crippen LogP contribution in [-0.4, -0.2) is 15.1 Å². The molecule has 1 aromatic carbocycles.